The maximum Gasteiger partial charge on any atom is 0.337 e. The van der Waals surface area contributed by atoms with Crippen LogP contribution in [0.4, 0.5) is 13.2 Å². The van der Waals surface area contributed by atoms with E-state index in [1.54, 1.807) is 0 Å². The fraction of sp³-hybridized carbons (Fsp3) is 0.360. The van der Waals surface area contributed by atoms with Gasteiger partial charge in [-0.05, 0) is 42.3 Å². The molecule has 2 aromatic rings. The number of carbonyl (C=O) groups is 4. The summed E-state index contributed by atoms with van der Waals surface area (Å²) in [4.78, 5) is 51.4. The SMILES string of the molecule is COC(=O)c1ccc(C(=O)N2CCN(C(C)=O)N(C(=O)C[C@H](N)Cc3cc(F)c(F)cc3F)CC2)cc1. The smallest absolute Gasteiger partial charge is 0.337 e. The third-order valence-electron chi connectivity index (χ3n) is 5.95. The Hall–Kier alpha value is -3.93. The van der Waals surface area contributed by atoms with Crippen LogP contribution in [-0.2, 0) is 20.7 Å². The van der Waals surface area contributed by atoms with Gasteiger partial charge in [0.2, 0.25) is 11.8 Å². The molecule has 9 nitrogen and oxygen atoms in total. The third-order valence-corrected chi connectivity index (χ3v) is 5.95. The molecule has 37 heavy (non-hydrogen) atoms. The molecule has 0 radical (unpaired) electrons. The van der Waals surface area contributed by atoms with E-state index in [-0.39, 0.29) is 56.1 Å². The van der Waals surface area contributed by atoms with Crippen molar-refractivity contribution in [1.29, 1.82) is 0 Å². The molecular formula is C25H27F3N4O5. The first-order chi connectivity index (χ1) is 17.5. The average Bonchev–Trinajstić information content (AvgIpc) is 3.10. The minimum absolute atomic E-state index is 0.00332. The van der Waals surface area contributed by atoms with Crippen LogP contribution in [0.15, 0.2) is 36.4 Å². The summed E-state index contributed by atoms with van der Waals surface area (Å²) in [6, 6.07) is 6.08. The molecule has 3 amide bonds. The van der Waals surface area contributed by atoms with Gasteiger partial charge in [-0.2, -0.15) is 0 Å². The number of hydrogen-bond donors (Lipinski definition) is 1. The predicted octanol–water partition coefficient (Wildman–Crippen LogP) is 1.90. The van der Waals surface area contributed by atoms with E-state index < -0.39 is 41.3 Å². The van der Waals surface area contributed by atoms with E-state index in [0.29, 0.717) is 17.7 Å². The lowest BCUT2D eigenvalue weighted by Crippen LogP contribution is -2.50. The van der Waals surface area contributed by atoms with Gasteiger partial charge in [0.1, 0.15) is 5.82 Å². The van der Waals surface area contributed by atoms with Crippen LogP contribution in [0.2, 0.25) is 0 Å². The highest BCUT2D eigenvalue weighted by Gasteiger charge is 2.31. The quantitative estimate of drug-likeness (QED) is 0.460. The molecule has 3 rings (SSSR count). The standard InChI is InChI=1S/C25H27F3N4O5/c1-15(33)31-9-7-30(24(35)16-3-5-17(6-4-16)25(36)37-2)8-10-32(31)23(34)13-19(29)11-18-12-21(27)22(28)14-20(18)26/h3-6,12,14,19H,7-11,13,29H2,1-2H3/t19-/m1/s1. The van der Waals surface area contributed by atoms with E-state index in [0.717, 1.165) is 0 Å². The molecule has 0 aromatic heterocycles. The summed E-state index contributed by atoms with van der Waals surface area (Å²) >= 11 is 0. The number of halogens is 3. The molecule has 1 atom stereocenters. The van der Waals surface area contributed by atoms with E-state index in [4.69, 9.17) is 5.73 Å². The second-order valence-electron chi connectivity index (χ2n) is 8.55. The molecule has 1 fully saturated rings. The van der Waals surface area contributed by atoms with Crippen LogP contribution in [0.25, 0.3) is 0 Å². The van der Waals surface area contributed by atoms with Crippen LogP contribution in [-0.4, -0.2) is 77.9 Å². The Labute approximate surface area is 211 Å². The molecule has 1 heterocycles. The highest BCUT2D eigenvalue weighted by Crippen LogP contribution is 2.18. The van der Waals surface area contributed by atoms with Crippen molar-refractivity contribution in [3.63, 3.8) is 0 Å². The van der Waals surface area contributed by atoms with Gasteiger partial charge in [-0.15, -0.1) is 0 Å². The predicted molar refractivity (Wildman–Crippen MR) is 125 cm³/mol. The molecule has 0 saturated carbocycles. The lowest BCUT2D eigenvalue weighted by atomic mass is 10.0. The van der Waals surface area contributed by atoms with Crippen molar-refractivity contribution in [3.05, 3.63) is 70.5 Å². The number of hydrogen-bond acceptors (Lipinski definition) is 6. The summed E-state index contributed by atoms with van der Waals surface area (Å²) in [6.45, 7) is 1.57. The molecule has 12 heteroatoms. The second kappa shape index (κ2) is 11.9. The summed E-state index contributed by atoms with van der Waals surface area (Å²) in [5, 5.41) is 2.40. The van der Waals surface area contributed by atoms with Gasteiger partial charge in [-0.25, -0.2) is 28.0 Å². The van der Waals surface area contributed by atoms with Crippen molar-refractivity contribution in [2.24, 2.45) is 5.73 Å². The Bertz CT molecular complexity index is 1190. The molecular weight excluding hydrogens is 493 g/mol. The molecule has 1 aliphatic heterocycles. The average molecular weight is 521 g/mol. The second-order valence-corrected chi connectivity index (χ2v) is 8.55. The molecule has 0 spiro atoms. The van der Waals surface area contributed by atoms with Gasteiger partial charge in [0.15, 0.2) is 11.6 Å². The topological polar surface area (TPSA) is 113 Å². The van der Waals surface area contributed by atoms with Crippen molar-refractivity contribution in [3.8, 4) is 0 Å². The normalized spacial score (nSPS) is 14.7. The fourth-order valence-corrected chi connectivity index (χ4v) is 4.03. The molecule has 0 unspecified atom stereocenters. The van der Waals surface area contributed by atoms with E-state index in [1.807, 2.05) is 0 Å². The number of esters is 1. The van der Waals surface area contributed by atoms with E-state index in [2.05, 4.69) is 4.74 Å². The summed E-state index contributed by atoms with van der Waals surface area (Å²) in [5.41, 5.74) is 6.43. The zero-order valence-electron chi connectivity index (χ0n) is 20.4. The van der Waals surface area contributed by atoms with E-state index in [9.17, 15) is 32.3 Å². The Balaban J connectivity index is 1.68. The van der Waals surface area contributed by atoms with Crippen LogP contribution >= 0.6 is 0 Å². The molecule has 0 aliphatic carbocycles. The number of nitrogens with zero attached hydrogens (tertiary/aromatic N) is 3. The molecule has 1 saturated heterocycles. The molecule has 2 N–H and O–H groups in total. The van der Waals surface area contributed by atoms with Gasteiger partial charge in [0, 0.05) is 44.1 Å². The van der Waals surface area contributed by atoms with Crippen molar-refractivity contribution in [2.45, 2.75) is 25.8 Å². The lowest BCUT2D eigenvalue weighted by Gasteiger charge is -2.32. The van der Waals surface area contributed by atoms with Gasteiger partial charge in [0.05, 0.1) is 25.8 Å². The maximum absolute atomic E-state index is 14.0. The number of nitrogens with two attached hydrogens (primary N) is 1. The fourth-order valence-electron chi connectivity index (χ4n) is 4.03. The van der Waals surface area contributed by atoms with E-state index >= 15 is 0 Å². The summed E-state index contributed by atoms with van der Waals surface area (Å²) < 4.78 is 45.3. The minimum atomic E-state index is -1.33. The van der Waals surface area contributed by atoms with E-state index in [1.165, 1.54) is 53.2 Å². The highest BCUT2D eigenvalue weighted by molar-refractivity contribution is 5.96. The first-order valence-corrected chi connectivity index (χ1v) is 11.5. The largest absolute Gasteiger partial charge is 0.465 e. The number of carbonyl (C=O) groups excluding carboxylic acids is 4. The van der Waals surface area contributed by atoms with Gasteiger partial charge in [-0.3, -0.25) is 14.4 Å². The molecule has 0 bridgehead atoms. The van der Waals surface area contributed by atoms with Crippen LogP contribution in [0.3, 0.4) is 0 Å². The molecule has 1 aliphatic rings. The van der Waals surface area contributed by atoms with Crippen molar-refractivity contribution >= 4 is 23.7 Å². The summed E-state index contributed by atoms with van der Waals surface area (Å²) in [5.74, 6) is -5.38. The first kappa shape index (κ1) is 27.7. The number of rotatable bonds is 6. The molecule has 2 aromatic carbocycles. The van der Waals surface area contributed by atoms with Crippen LogP contribution in [0, 0.1) is 17.5 Å². The first-order valence-electron chi connectivity index (χ1n) is 11.5. The minimum Gasteiger partial charge on any atom is -0.465 e. The highest BCUT2D eigenvalue weighted by atomic mass is 19.2. The maximum atomic E-state index is 14.0. The number of ether oxygens (including phenoxy) is 1. The van der Waals surface area contributed by atoms with Gasteiger partial charge in [-0.1, -0.05) is 0 Å². The third kappa shape index (κ3) is 6.64. The monoisotopic (exact) mass is 520 g/mol. The summed E-state index contributed by atoms with van der Waals surface area (Å²) in [6.07, 6.45) is -0.528. The Kier molecular flexibility index (Phi) is 8.87. The molecule has 198 valence electrons. The number of hydrazine groups is 1. The van der Waals surface area contributed by atoms with Gasteiger partial charge < -0.3 is 15.4 Å². The zero-order chi connectivity index (χ0) is 27.3. The Morgan fingerprint density at radius 2 is 1.46 bits per heavy atom. The van der Waals surface area contributed by atoms with Crippen LogP contribution in [0.1, 0.15) is 39.6 Å². The lowest BCUT2D eigenvalue weighted by molar-refractivity contribution is -0.161. The van der Waals surface area contributed by atoms with Crippen LogP contribution < -0.4 is 5.73 Å². The number of benzene rings is 2. The van der Waals surface area contributed by atoms with Crippen molar-refractivity contribution in [2.75, 3.05) is 33.3 Å². The van der Waals surface area contributed by atoms with Crippen LogP contribution in [0.5, 0.6) is 0 Å². The van der Waals surface area contributed by atoms with Gasteiger partial charge in [0.25, 0.3) is 5.91 Å². The van der Waals surface area contributed by atoms with Gasteiger partial charge >= 0.3 is 5.97 Å². The zero-order valence-corrected chi connectivity index (χ0v) is 20.4. The number of amides is 3. The van der Waals surface area contributed by atoms with Crippen molar-refractivity contribution in [1.82, 2.24) is 14.9 Å². The van der Waals surface area contributed by atoms with Crippen molar-refractivity contribution < 1.29 is 37.1 Å². The Morgan fingerprint density at radius 3 is 2.05 bits per heavy atom. The number of methoxy groups -OCH3 is 1. The summed E-state index contributed by atoms with van der Waals surface area (Å²) in [7, 11) is 1.25. The Morgan fingerprint density at radius 1 is 0.892 bits per heavy atom.